The van der Waals surface area contributed by atoms with Crippen molar-refractivity contribution in [2.24, 2.45) is 10.4 Å². The van der Waals surface area contributed by atoms with Crippen LogP contribution in [0, 0.1) is 18.2 Å². The number of rotatable bonds is 12. The zero-order valence-electron chi connectivity index (χ0n) is 26.4. The number of esters is 1. The van der Waals surface area contributed by atoms with Gasteiger partial charge < -0.3 is 15.2 Å². The number of aliphatic imine (C=N–C) groups is 1. The van der Waals surface area contributed by atoms with Crippen LogP contribution in [0.3, 0.4) is 0 Å². The number of thiazole rings is 1. The van der Waals surface area contributed by atoms with Crippen molar-refractivity contribution in [1.29, 1.82) is 0 Å². The number of alkyl halides is 4. The van der Waals surface area contributed by atoms with Gasteiger partial charge in [-0.25, -0.2) is 41.7 Å². The second kappa shape index (κ2) is 13.6. The normalized spacial score (nSPS) is 23.6. The second-order valence-corrected chi connectivity index (χ2v) is 13.3. The number of fused-ring (bicyclic) bond motifs is 1. The number of hydrazine groups is 1. The van der Waals surface area contributed by atoms with E-state index in [4.69, 9.17) is 9.73 Å². The summed E-state index contributed by atoms with van der Waals surface area (Å²) >= 11 is 1.25. The van der Waals surface area contributed by atoms with Crippen LogP contribution >= 0.6 is 11.3 Å². The number of likely N-dealkylation sites (tertiary alicyclic amines) is 1. The topological polar surface area (TPSA) is 111 Å². The van der Waals surface area contributed by atoms with E-state index in [1.807, 2.05) is 0 Å². The minimum atomic E-state index is -3.38. The number of nitrogens with zero attached hydrogens (tertiary/aromatic N) is 5. The van der Waals surface area contributed by atoms with Crippen molar-refractivity contribution in [2.75, 3.05) is 39.3 Å². The molecule has 2 saturated heterocycles. The van der Waals surface area contributed by atoms with Gasteiger partial charge in [-0.3, -0.25) is 14.7 Å². The molecule has 3 aliphatic rings. The quantitative estimate of drug-likeness (QED) is 0.247. The van der Waals surface area contributed by atoms with Crippen molar-refractivity contribution in [2.45, 2.75) is 64.6 Å². The summed E-state index contributed by atoms with van der Waals surface area (Å²) in [7, 11) is 0. The van der Waals surface area contributed by atoms with Crippen LogP contribution in [0.2, 0.25) is 0 Å². The highest BCUT2D eigenvalue weighted by Gasteiger charge is 2.62. The van der Waals surface area contributed by atoms with Crippen LogP contribution in [0.15, 0.2) is 46.0 Å². The van der Waals surface area contributed by atoms with E-state index in [0.717, 1.165) is 0 Å². The summed E-state index contributed by atoms with van der Waals surface area (Å²) in [6.45, 7) is 3.94. The molecule has 1 aromatic carbocycles. The van der Waals surface area contributed by atoms with Gasteiger partial charge in [-0.15, -0.1) is 11.3 Å². The fourth-order valence-electron chi connectivity index (χ4n) is 6.35. The van der Waals surface area contributed by atoms with Crippen molar-refractivity contribution in [1.82, 2.24) is 25.2 Å². The number of carbonyl (C=O) groups excluding carboxylic acids is 1. The number of carboxylic acid groups (broad SMARTS) is 1. The number of hydrogen-bond acceptors (Lipinski definition) is 10. The van der Waals surface area contributed by atoms with Gasteiger partial charge in [-0.05, 0) is 51.3 Å². The minimum Gasteiger partial charge on any atom is -0.481 e. The van der Waals surface area contributed by atoms with Crippen molar-refractivity contribution >= 4 is 29.1 Å². The van der Waals surface area contributed by atoms with E-state index in [1.54, 1.807) is 31.5 Å². The molecule has 4 heterocycles. The summed E-state index contributed by atoms with van der Waals surface area (Å²) in [5.41, 5.74) is -0.450. The van der Waals surface area contributed by atoms with Crippen LogP contribution in [0.25, 0.3) is 0 Å². The molecular weight excluding hydrogens is 647 g/mol. The van der Waals surface area contributed by atoms with Gasteiger partial charge in [0.15, 0.2) is 10.8 Å². The van der Waals surface area contributed by atoms with Gasteiger partial charge >= 0.3 is 11.9 Å². The monoisotopic (exact) mass is 684 g/mol. The van der Waals surface area contributed by atoms with E-state index in [-0.39, 0.29) is 55.3 Å². The molecule has 10 nitrogen and oxygen atoms in total. The first kappa shape index (κ1) is 34.9. The minimum absolute atomic E-state index is 0.00421. The SMILES string of the molecule is CCOC(=O)C1=C(CN2CC(F)(F)C3C2CN(CC(F)F)N3CCC(C)(C)C(=O)O)NC(c2nccs2)=N[C@H]1c1cccc(F)c1C. The molecule has 1 aromatic heterocycles. The van der Waals surface area contributed by atoms with Crippen molar-refractivity contribution in [3.63, 3.8) is 0 Å². The van der Waals surface area contributed by atoms with Gasteiger partial charge in [0.1, 0.15) is 17.9 Å². The summed E-state index contributed by atoms with van der Waals surface area (Å²) < 4.78 is 79.4. The molecule has 0 spiro atoms. The molecular formula is C31H37F5N6O4S. The summed E-state index contributed by atoms with van der Waals surface area (Å²) in [5, 5.41) is 17.2. The molecule has 0 aliphatic carbocycles. The first-order valence-electron chi connectivity index (χ1n) is 15.2. The zero-order chi connectivity index (χ0) is 34.3. The lowest BCUT2D eigenvalue weighted by molar-refractivity contribution is -0.150. The Hall–Kier alpha value is -3.47. The van der Waals surface area contributed by atoms with E-state index in [2.05, 4.69) is 10.3 Å². The lowest BCUT2D eigenvalue weighted by Gasteiger charge is -2.35. The van der Waals surface area contributed by atoms with Gasteiger partial charge in [0.25, 0.3) is 12.3 Å². The van der Waals surface area contributed by atoms with Crippen molar-refractivity contribution in [3.05, 3.63) is 63.0 Å². The number of carbonyl (C=O) groups is 2. The maximum atomic E-state index is 15.9. The third-order valence-electron chi connectivity index (χ3n) is 8.88. The van der Waals surface area contributed by atoms with E-state index >= 15 is 8.78 Å². The van der Waals surface area contributed by atoms with Crippen LogP contribution < -0.4 is 5.32 Å². The first-order chi connectivity index (χ1) is 22.1. The molecule has 2 fully saturated rings. The number of benzene rings is 1. The molecule has 3 aliphatic heterocycles. The Morgan fingerprint density at radius 2 is 2.02 bits per heavy atom. The van der Waals surface area contributed by atoms with Gasteiger partial charge in [0.05, 0.1) is 30.7 Å². The maximum Gasteiger partial charge on any atom is 0.338 e. The predicted octanol–water partition coefficient (Wildman–Crippen LogP) is 4.49. The number of nitrogens with one attached hydrogen (secondary N) is 1. The Balaban J connectivity index is 1.55. The molecule has 0 bridgehead atoms. The fourth-order valence-corrected chi connectivity index (χ4v) is 6.94. The standard InChI is InChI=1S/C31H37F5N6O4S/c1-5-46-28(43)23-20(38-26(27-37-10-12-47-27)39-24(23)18-7-6-8-19(32)17(18)2)13-40-16-31(35,36)25-21(40)14-41(15-22(33)34)42(25)11-9-30(3,4)29(44)45/h6-8,10,12,21-22,24-25H,5,9,11,13-16H2,1-4H3,(H,38,39)(H,44,45)/t21?,24-,25?/m0/s1. The van der Waals surface area contributed by atoms with Crippen LogP contribution in [-0.4, -0.2) is 107 Å². The number of aliphatic carboxylic acids is 1. The lowest BCUT2D eigenvalue weighted by Crippen LogP contribution is -2.51. The first-order valence-corrected chi connectivity index (χ1v) is 16.1. The second-order valence-electron chi connectivity index (χ2n) is 12.5. The van der Waals surface area contributed by atoms with Gasteiger partial charge in [0, 0.05) is 43.0 Å². The number of aromatic nitrogens is 1. The Labute approximate surface area is 272 Å². The Kier molecular flexibility index (Phi) is 10.1. The third kappa shape index (κ3) is 7.05. The average molecular weight is 685 g/mol. The summed E-state index contributed by atoms with van der Waals surface area (Å²) in [5.74, 6) is -5.54. The molecule has 3 atom stereocenters. The van der Waals surface area contributed by atoms with E-state index in [0.29, 0.717) is 10.6 Å². The largest absolute Gasteiger partial charge is 0.481 e. The Morgan fingerprint density at radius 3 is 2.66 bits per heavy atom. The fraction of sp³-hybridized carbons (Fsp3) is 0.548. The number of hydrogen-bond donors (Lipinski definition) is 2. The van der Waals surface area contributed by atoms with E-state index < -0.39 is 66.7 Å². The highest BCUT2D eigenvalue weighted by molar-refractivity contribution is 7.11. The highest BCUT2D eigenvalue weighted by atomic mass is 32.1. The zero-order valence-corrected chi connectivity index (χ0v) is 27.2. The van der Waals surface area contributed by atoms with E-state index in [9.17, 15) is 27.9 Å². The van der Waals surface area contributed by atoms with Crippen molar-refractivity contribution in [3.8, 4) is 0 Å². The van der Waals surface area contributed by atoms with Gasteiger partial charge in [0.2, 0.25) is 0 Å². The molecule has 16 heteroatoms. The van der Waals surface area contributed by atoms with Crippen LogP contribution in [0.4, 0.5) is 22.0 Å². The predicted molar refractivity (Wildman–Crippen MR) is 164 cm³/mol. The number of amidine groups is 1. The number of carboxylic acids is 1. The number of halogens is 5. The third-order valence-corrected chi connectivity index (χ3v) is 9.66. The highest BCUT2D eigenvalue weighted by Crippen LogP contribution is 2.43. The summed E-state index contributed by atoms with van der Waals surface area (Å²) in [6, 6.07) is 0.862. The molecule has 47 heavy (non-hydrogen) atoms. The molecule has 2 aromatic rings. The van der Waals surface area contributed by atoms with Crippen LogP contribution in [0.5, 0.6) is 0 Å². The molecule has 0 radical (unpaired) electrons. The molecule has 256 valence electrons. The summed E-state index contributed by atoms with van der Waals surface area (Å²) in [6.07, 6.45) is -1.32. The van der Waals surface area contributed by atoms with Crippen LogP contribution in [0.1, 0.15) is 49.4 Å². The number of ether oxygens (including phenoxy) is 1. The average Bonchev–Trinajstić information content (AvgIpc) is 3.70. The summed E-state index contributed by atoms with van der Waals surface area (Å²) in [4.78, 5) is 35.8. The van der Waals surface area contributed by atoms with Crippen LogP contribution in [-0.2, 0) is 14.3 Å². The molecule has 2 unspecified atom stereocenters. The Morgan fingerprint density at radius 1 is 1.28 bits per heavy atom. The Bertz CT molecular complexity index is 1550. The van der Waals surface area contributed by atoms with Gasteiger partial charge in [-0.1, -0.05) is 12.1 Å². The lowest BCUT2D eigenvalue weighted by atomic mass is 9.89. The molecule has 2 N–H and O–H groups in total. The molecule has 5 rings (SSSR count). The van der Waals surface area contributed by atoms with Crippen molar-refractivity contribution < 1.29 is 41.4 Å². The molecule has 0 amide bonds. The van der Waals surface area contributed by atoms with Gasteiger partial charge in [-0.2, -0.15) is 0 Å². The van der Waals surface area contributed by atoms with E-state index in [1.165, 1.54) is 52.2 Å². The molecule has 0 saturated carbocycles. The smallest absolute Gasteiger partial charge is 0.338 e. The maximum absolute atomic E-state index is 15.9.